The van der Waals surface area contributed by atoms with Crippen LogP contribution in [-0.2, 0) is 6.42 Å². The lowest BCUT2D eigenvalue weighted by Gasteiger charge is -2.27. The lowest BCUT2D eigenvalue weighted by atomic mass is 10.2. The monoisotopic (exact) mass is 413 g/mol. The zero-order chi connectivity index (χ0) is 16.4. The van der Waals surface area contributed by atoms with Crippen LogP contribution >= 0.6 is 39.3 Å². The Kier molecular flexibility index (Phi) is 5.14. The first-order chi connectivity index (χ1) is 11.1. The van der Waals surface area contributed by atoms with Crippen LogP contribution in [0.5, 0.6) is 0 Å². The molecule has 0 saturated carbocycles. The Labute approximate surface area is 152 Å². The number of para-hydroxylation sites is 1. The van der Waals surface area contributed by atoms with Gasteiger partial charge >= 0.3 is 0 Å². The van der Waals surface area contributed by atoms with Gasteiger partial charge in [0.25, 0.3) is 0 Å². The molecule has 3 rings (SSSR count). The summed E-state index contributed by atoms with van der Waals surface area (Å²) in [6.45, 7) is 2.07. The van der Waals surface area contributed by atoms with Gasteiger partial charge in [-0.3, -0.25) is 0 Å². The fourth-order valence-electron chi connectivity index (χ4n) is 2.34. The molecule has 1 aromatic heterocycles. The van der Waals surface area contributed by atoms with Gasteiger partial charge in [-0.05, 0) is 51.5 Å². The molecular formula is C16H14BrClFN3S. The SMILES string of the molecule is CCc1ccc(Br)nc1NC1SC=CN1c1c(F)cccc1Cl. The first-order valence-electron chi connectivity index (χ1n) is 7.06. The van der Waals surface area contributed by atoms with Gasteiger partial charge in [0.05, 0.1) is 10.7 Å². The summed E-state index contributed by atoms with van der Waals surface area (Å²) in [4.78, 5) is 6.27. The van der Waals surface area contributed by atoms with E-state index in [0.717, 1.165) is 22.4 Å². The van der Waals surface area contributed by atoms with E-state index in [1.165, 1.54) is 17.8 Å². The largest absolute Gasteiger partial charge is 0.341 e. The lowest BCUT2D eigenvalue weighted by molar-refractivity contribution is 0.625. The molecule has 1 aliphatic rings. The van der Waals surface area contributed by atoms with Crippen LogP contribution in [0.4, 0.5) is 15.9 Å². The van der Waals surface area contributed by atoms with Crippen LogP contribution in [0.2, 0.25) is 5.02 Å². The molecule has 0 saturated heterocycles. The van der Waals surface area contributed by atoms with Gasteiger partial charge < -0.3 is 10.2 Å². The normalized spacial score (nSPS) is 16.9. The summed E-state index contributed by atoms with van der Waals surface area (Å²) in [5.41, 5.74) is 1.25. The maximum atomic E-state index is 14.2. The van der Waals surface area contributed by atoms with E-state index in [0.29, 0.717) is 10.7 Å². The van der Waals surface area contributed by atoms with Crippen LogP contribution in [0, 0.1) is 5.82 Å². The molecule has 120 valence electrons. The summed E-state index contributed by atoms with van der Waals surface area (Å²) in [6, 6.07) is 8.62. The lowest BCUT2D eigenvalue weighted by Crippen LogP contribution is -2.33. The maximum Gasteiger partial charge on any atom is 0.157 e. The molecule has 7 heteroatoms. The third kappa shape index (κ3) is 3.49. The first-order valence-corrected chi connectivity index (χ1v) is 9.18. The number of hydrogen-bond donors (Lipinski definition) is 1. The number of thioether (sulfide) groups is 1. The summed E-state index contributed by atoms with van der Waals surface area (Å²) in [6.07, 6.45) is 2.67. The number of nitrogens with one attached hydrogen (secondary N) is 1. The zero-order valence-corrected chi connectivity index (χ0v) is 15.4. The minimum absolute atomic E-state index is 0.212. The molecule has 0 bridgehead atoms. The van der Waals surface area contributed by atoms with Crippen LogP contribution in [0.1, 0.15) is 12.5 Å². The Hall–Kier alpha value is -1.24. The van der Waals surface area contributed by atoms with Crippen molar-refractivity contribution in [2.45, 2.75) is 18.8 Å². The highest BCUT2D eigenvalue weighted by Gasteiger charge is 2.26. The Balaban J connectivity index is 1.91. The summed E-state index contributed by atoms with van der Waals surface area (Å²) < 4.78 is 15.0. The second-order valence-electron chi connectivity index (χ2n) is 4.89. The number of pyridine rings is 1. The first kappa shape index (κ1) is 16.6. The number of halogens is 3. The molecule has 0 fully saturated rings. The molecule has 0 radical (unpaired) electrons. The van der Waals surface area contributed by atoms with Gasteiger partial charge in [0.1, 0.15) is 16.2 Å². The predicted octanol–water partition coefficient (Wildman–Crippen LogP) is 5.62. The third-order valence-electron chi connectivity index (χ3n) is 3.46. The highest BCUT2D eigenvalue weighted by Crippen LogP contribution is 2.37. The molecule has 1 atom stereocenters. The molecule has 1 aliphatic heterocycles. The van der Waals surface area contributed by atoms with Crippen molar-refractivity contribution in [2.24, 2.45) is 0 Å². The molecule has 3 nitrogen and oxygen atoms in total. The number of rotatable bonds is 4. The second-order valence-corrected chi connectivity index (χ2v) is 7.10. The summed E-state index contributed by atoms with van der Waals surface area (Å²) in [5.74, 6) is 0.426. The molecule has 23 heavy (non-hydrogen) atoms. The average Bonchev–Trinajstić information content (AvgIpc) is 2.95. The Bertz CT molecular complexity index is 736. The van der Waals surface area contributed by atoms with Crippen molar-refractivity contribution >= 4 is 50.8 Å². The van der Waals surface area contributed by atoms with E-state index in [1.54, 1.807) is 17.0 Å². The number of aryl methyl sites for hydroxylation is 1. The van der Waals surface area contributed by atoms with E-state index in [-0.39, 0.29) is 11.3 Å². The highest BCUT2D eigenvalue weighted by molar-refractivity contribution is 9.10. The van der Waals surface area contributed by atoms with Gasteiger partial charge in [0, 0.05) is 6.20 Å². The van der Waals surface area contributed by atoms with E-state index in [4.69, 9.17) is 11.6 Å². The molecule has 1 unspecified atom stereocenters. The van der Waals surface area contributed by atoms with Gasteiger partial charge in [-0.15, -0.1) is 0 Å². The van der Waals surface area contributed by atoms with Crippen molar-refractivity contribution in [1.82, 2.24) is 4.98 Å². The van der Waals surface area contributed by atoms with Crippen molar-refractivity contribution in [3.05, 3.63) is 62.9 Å². The minimum Gasteiger partial charge on any atom is -0.341 e. The minimum atomic E-state index is -0.352. The Morgan fingerprint density at radius 1 is 1.39 bits per heavy atom. The van der Waals surface area contributed by atoms with Crippen LogP contribution in [0.15, 0.2) is 46.5 Å². The van der Waals surface area contributed by atoms with Crippen LogP contribution in [-0.4, -0.2) is 10.5 Å². The zero-order valence-electron chi connectivity index (χ0n) is 12.3. The number of anilines is 2. The summed E-state index contributed by atoms with van der Waals surface area (Å²) >= 11 is 11.1. The molecule has 2 aromatic rings. The number of hydrogen-bond acceptors (Lipinski definition) is 4. The van der Waals surface area contributed by atoms with Gasteiger partial charge in [-0.2, -0.15) is 0 Å². The molecule has 0 aliphatic carbocycles. The smallest absolute Gasteiger partial charge is 0.157 e. The second kappa shape index (κ2) is 7.11. The van der Waals surface area contributed by atoms with E-state index in [1.807, 2.05) is 23.7 Å². The summed E-state index contributed by atoms with van der Waals surface area (Å²) in [5, 5.41) is 5.65. The van der Waals surface area contributed by atoms with Gasteiger partial charge in [-0.1, -0.05) is 42.4 Å². The number of nitrogens with zero attached hydrogens (tertiary/aromatic N) is 2. The molecule has 1 aromatic carbocycles. The molecular weight excluding hydrogens is 401 g/mol. The van der Waals surface area contributed by atoms with Crippen LogP contribution in [0.3, 0.4) is 0 Å². The van der Waals surface area contributed by atoms with Crippen molar-refractivity contribution in [2.75, 3.05) is 10.2 Å². The van der Waals surface area contributed by atoms with Crippen molar-refractivity contribution in [3.63, 3.8) is 0 Å². The van der Waals surface area contributed by atoms with Gasteiger partial charge in [0.15, 0.2) is 5.50 Å². The average molecular weight is 415 g/mol. The van der Waals surface area contributed by atoms with E-state index in [2.05, 4.69) is 33.2 Å². The third-order valence-corrected chi connectivity index (χ3v) is 5.09. The van der Waals surface area contributed by atoms with Crippen molar-refractivity contribution in [3.8, 4) is 0 Å². The van der Waals surface area contributed by atoms with Crippen LogP contribution < -0.4 is 10.2 Å². The Morgan fingerprint density at radius 3 is 2.96 bits per heavy atom. The standard InChI is InChI=1S/C16H14BrClFN3S/c1-2-10-6-7-13(17)20-15(10)21-16-22(8-9-23-16)14-11(18)4-3-5-12(14)19/h3-9,16H,2H2,1H3,(H,20,21). The molecule has 1 N–H and O–H groups in total. The van der Waals surface area contributed by atoms with E-state index < -0.39 is 0 Å². The maximum absolute atomic E-state index is 14.2. The molecule has 2 heterocycles. The molecule has 0 spiro atoms. The van der Waals surface area contributed by atoms with Crippen molar-refractivity contribution in [1.29, 1.82) is 0 Å². The highest BCUT2D eigenvalue weighted by atomic mass is 79.9. The van der Waals surface area contributed by atoms with Gasteiger partial charge in [-0.25, -0.2) is 9.37 Å². The fourth-order valence-corrected chi connectivity index (χ4v) is 3.75. The quantitative estimate of drug-likeness (QED) is 0.657. The topological polar surface area (TPSA) is 28.2 Å². The van der Waals surface area contributed by atoms with Crippen LogP contribution in [0.25, 0.3) is 0 Å². The van der Waals surface area contributed by atoms with E-state index >= 15 is 0 Å². The summed E-state index contributed by atoms with van der Waals surface area (Å²) in [7, 11) is 0. The fraction of sp³-hybridized carbons (Fsp3) is 0.188. The predicted molar refractivity (Wildman–Crippen MR) is 99.3 cm³/mol. The number of aromatic nitrogens is 1. The van der Waals surface area contributed by atoms with Crippen molar-refractivity contribution < 1.29 is 4.39 Å². The van der Waals surface area contributed by atoms with Gasteiger partial charge in [0.2, 0.25) is 0 Å². The molecule has 0 amide bonds. The number of benzene rings is 1. The Morgan fingerprint density at radius 2 is 2.22 bits per heavy atom. The van der Waals surface area contributed by atoms with E-state index in [9.17, 15) is 4.39 Å².